The van der Waals surface area contributed by atoms with Gasteiger partial charge in [0.1, 0.15) is 12.1 Å². The number of nitrogens with one attached hydrogen (secondary N) is 5. The van der Waals surface area contributed by atoms with E-state index in [4.69, 9.17) is 14.2 Å². The smallest absolute Gasteiger partial charge is 0.257 e. The number of aryl methyl sites for hydroxylation is 2. The Labute approximate surface area is 433 Å². The first-order valence-electron chi connectivity index (χ1n) is 24.3. The van der Waals surface area contributed by atoms with E-state index in [1.807, 2.05) is 118 Å². The molecule has 0 unspecified atom stereocenters. The number of anilines is 3. The number of ether oxygens (including phenoxy) is 3. The summed E-state index contributed by atoms with van der Waals surface area (Å²) in [6.45, 7) is 11.4. The average Bonchev–Trinajstić information content (AvgIpc) is 4.12. The Morgan fingerprint density at radius 1 is 0.808 bits per heavy atom. The Balaban J connectivity index is 0.775. The third kappa shape index (κ3) is 15.0. The Hall–Kier alpha value is -6.61. The first-order valence-corrected chi connectivity index (χ1v) is 26.1. The van der Waals surface area contributed by atoms with Crippen LogP contribution in [0.15, 0.2) is 96.0 Å². The number of fused-ring (bicyclic) bond motifs is 1. The van der Waals surface area contributed by atoms with Crippen molar-refractivity contribution in [3.63, 3.8) is 0 Å². The van der Waals surface area contributed by atoms with Crippen LogP contribution in [0.3, 0.4) is 0 Å². The van der Waals surface area contributed by atoms with Crippen molar-refractivity contribution in [2.45, 2.75) is 72.1 Å². The molecule has 7 rings (SSSR count). The van der Waals surface area contributed by atoms with Gasteiger partial charge in [-0.25, -0.2) is 9.97 Å². The summed E-state index contributed by atoms with van der Waals surface area (Å²) < 4.78 is 17.9. The lowest BCUT2D eigenvalue weighted by molar-refractivity contribution is -0.144. The van der Waals surface area contributed by atoms with Crippen LogP contribution in [0, 0.1) is 19.3 Å². The fourth-order valence-electron chi connectivity index (χ4n) is 8.22. The fourth-order valence-corrected chi connectivity index (χ4v) is 9.97. The molecule has 17 nitrogen and oxygen atoms in total. The summed E-state index contributed by atoms with van der Waals surface area (Å²) in [5, 5.41) is 28.1. The molecule has 6 N–H and O–H groups in total. The summed E-state index contributed by atoms with van der Waals surface area (Å²) in [5.41, 5.74) is 7.19. The van der Waals surface area contributed by atoms with E-state index < -0.39 is 29.5 Å². The molecular formula is C54H64N8O9S2. The number of pyridine rings is 1. The number of aliphatic hydroxyl groups is 1. The van der Waals surface area contributed by atoms with Gasteiger partial charge in [-0.15, -0.1) is 22.7 Å². The van der Waals surface area contributed by atoms with Crippen LogP contribution in [0.25, 0.3) is 20.5 Å². The van der Waals surface area contributed by atoms with Gasteiger partial charge >= 0.3 is 0 Å². The maximum absolute atomic E-state index is 14.0. The number of benzene rings is 3. The molecule has 1 aliphatic rings. The topological polar surface area (TPSA) is 222 Å². The molecule has 1 aliphatic heterocycles. The molecule has 0 aliphatic carbocycles. The number of carbonyl (C=O) groups is 5. The number of thiazole rings is 1. The standard InChI is InChI=1S/C54H64N8O9S2/c1-34-10-6-8-12-42(34)59-49-43(60-51(66)41-32-72-45-13-9-7-11-40(41)45)28-38(30-57-49)50(65)56-21-23-70-25-27-71-26-24-69-22-19-46(64)61-48(54(3,4)5)53(68)62-31-39(63)29-44(62)52(67)55-20-18-36-14-16-37(17-15-36)47-35(2)58-33-73-47/h6-17,28,30,32-33,39,44,48,63H,18-27,29,31H2,1-5H3,(H,55,67)(H,56,65)(H,57,59)(H,60,66)(H,61,64)/t39-,44+,48-/m1/s1. The van der Waals surface area contributed by atoms with Crippen molar-refractivity contribution in [1.29, 1.82) is 0 Å². The van der Waals surface area contributed by atoms with Crippen molar-refractivity contribution in [2.24, 2.45) is 5.41 Å². The van der Waals surface area contributed by atoms with Crippen LogP contribution in [0.2, 0.25) is 0 Å². The van der Waals surface area contributed by atoms with Crippen LogP contribution < -0.4 is 26.6 Å². The molecule has 3 atom stereocenters. The van der Waals surface area contributed by atoms with Gasteiger partial charge in [-0.05, 0) is 60.6 Å². The minimum Gasteiger partial charge on any atom is -0.391 e. The van der Waals surface area contributed by atoms with Gasteiger partial charge in [0.2, 0.25) is 17.7 Å². The van der Waals surface area contributed by atoms with Gasteiger partial charge in [0.15, 0.2) is 5.82 Å². The number of para-hydroxylation sites is 1. The minimum atomic E-state index is -0.945. The lowest BCUT2D eigenvalue weighted by Gasteiger charge is -2.35. The predicted octanol–water partition coefficient (Wildman–Crippen LogP) is 7.05. The molecule has 1 fully saturated rings. The number of aliphatic hydroxyl groups excluding tert-OH is 1. The summed E-state index contributed by atoms with van der Waals surface area (Å²) in [6, 6.07) is 23.3. The van der Waals surface area contributed by atoms with E-state index in [9.17, 15) is 29.1 Å². The van der Waals surface area contributed by atoms with Crippen LogP contribution in [0.1, 0.15) is 71.1 Å². The number of β-amino-alcohol motifs (C(OH)–C–C–N with tert-alkyl or cyclic N) is 1. The van der Waals surface area contributed by atoms with E-state index in [1.165, 1.54) is 22.4 Å². The van der Waals surface area contributed by atoms with Crippen molar-refractivity contribution in [3.05, 3.63) is 124 Å². The van der Waals surface area contributed by atoms with E-state index >= 15 is 0 Å². The highest BCUT2D eigenvalue weighted by atomic mass is 32.1. The second kappa shape index (κ2) is 25.9. The molecule has 4 heterocycles. The molecule has 0 bridgehead atoms. The normalized spacial score (nSPS) is 15.0. The number of likely N-dealkylation sites (tertiary alicyclic amines) is 1. The number of hydrogen-bond acceptors (Lipinski definition) is 14. The highest BCUT2D eigenvalue weighted by molar-refractivity contribution is 7.17. The number of nitrogens with zero attached hydrogens (tertiary/aromatic N) is 3. The van der Waals surface area contributed by atoms with Gasteiger partial charge in [-0.2, -0.15) is 0 Å². The largest absolute Gasteiger partial charge is 0.391 e. The van der Waals surface area contributed by atoms with Crippen LogP contribution in [0.4, 0.5) is 17.2 Å². The van der Waals surface area contributed by atoms with Gasteiger partial charge in [0, 0.05) is 59.8 Å². The highest BCUT2D eigenvalue weighted by Gasteiger charge is 2.44. The summed E-state index contributed by atoms with van der Waals surface area (Å²) in [7, 11) is 0. The summed E-state index contributed by atoms with van der Waals surface area (Å²) >= 11 is 3.07. The average molecular weight is 1030 g/mol. The van der Waals surface area contributed by atoms with E-state index in [2.05, 4.69) is 36.6 Å². The van der Waals surface area contributed by atoms with Gasteiger partial charge in [0.05, 0.1) is 78.6 Å². The molecular weight excluding hydrogens is 969 g/mol. The molecule has 5 amide bonds. The zero-order valence-corrected chi connectivity index (χ0v) is 43.5. The lowest BCUT2D eigenvalue weighted by Crippen LogP contribution is -2.57. The third-order valence-electron chi connectivity index (χ3n) is 12.2. The summed E-state index contributed by atoms with van der Waals surface area (Å²) in [5.74, 6) is -1.47. The Morgan fingerprint density at radius 3 is 2.25 bits per heavy atom. The van der Waals surface area contributed by atoms with Gasteiger partial charge in [-0.3, -0.25) is 24.0 Å². The molecule has 6 aromatic rings. The summed E-state index contributed by atoms with van der Waals surface area (Å²) in [6.07, 6.45) is 1.28. The maximum Gasteiger partial charge on any atom is 0.257 e. The number of rotatable bonds is 24. The minimum absolute atomic E-state index is 0.000997. The zero-order chi connectivity index (χ0) is 51.9. The molecule has 0 radical (unpaired) electrons. The molecule has 73 heavy (non-hydrogen) atoms. The quantitative estimate of drug-likeness (QED) is 0.0336. The fraction of sp³-hybridized carbons (Fsp3) is 0.389. The molecule has 3 aromatic heterocycles. The number of carbonyl (C=O) groups excluding carboxylic acids is 5. The lowest BCUT2D eigenvalue weighted by atomic mass is 9.85. The molecule has 0 spiro atoms. The second-order valence-electron chi connectivity index (χ2n) is 18.8. The number of aromatic nitrogens is 2. The Kier molecular flexibility index (Phi) is 19.2. The van der Waals surface area contributed by atoms with E-state index in [0.29, 0.717) is 30.0 Å². The van der Waals surface area contributed by atoms with E-state index in [-0.39, 0.29) is 94.8 Å². The predicted molar refractivity (Wildman–Crippen MR) is 284 cm³/mol. The number of amides is 5. The Bertz CT molecular complexity index is 2850. The first kappa shape index (κ1) is 54.2. The monoisotopic (exact) mass is 1030 g/mol. The SMILES string of the molecule is Cc1ccccc1Nc1ncc(C(=O)NCCOCCOCCOCCC(=O)N[C@H](C(=O)N2C[C@H](O)C[C@H]2C(=O)NCCc2ccc(-c3scnc3C)cc2)C(C)(C)C)cc1NC(=O)c1csc2ccccc12. The number of thiophene rings is 1. The number of hydrogen-bond donors (Lipinski definition) is 6. The molecule has 1 saturated heterocycles. The van der Waals surface area contributed by atoms with Crippen molar-refractivity contribution < 1.29 is 43.3 Å². The molecule has 386 valence electrons. The molecule has 0 saturated carbocycles. The van der Waals surface area contributed by atoms with Gasteiger partial charge < -0.3 is 50.8 Å². The van der Waals surface area contributed by atoms with E-state index in [0.717, 1.165) is 43.0 Å². The summed E-state index contributed by atoms with van der Waals surface area (Å²) in [4.78, 5) is 78.5. The second-order valence-corrected chi connectivity index (χ2v) is 20.5. The van der Waals surface area contributed by atoms with Crippen LogP contribution in [-0.2, 0) is 35.0 Å². The zero-order valence-electron chi connectivity index (χ0n) is 41.8. The third-order valence-corrected chi connectivity index (χ3v) is 14.2. The molecule has 19 heteroatoms. The Morgan fingerprint density at radius 2 is 1.52 bits per heavy atom. The van der Waals surface area contributed by atoms with E-state index in [1.54, 1.807) is 17.4 Å². The van der Waals surface area contributed by atoms with Gasteiger partial charge in [-0.1, -0.05) is 81.4 Å². The van der Waals surface area contributed by atoms with Crippen molar-refractivity contribution in [1.82, 2.24) is 30.8 Å². The van der Waals surface area contributed by atoms with Gasteiger partial charge in [0.25, 0.3) is 11.8 Å². The van der Waals surface area contributed by atoms with Crippen LogP contribution >= 0.6 is 22.7 Å². The highest BCUT2D eigenvalue weighted by Crippen LogP contribution is 2.31. The van der Waals surface area contributed by atoms with Crippen LogP contribution in [-0.4, -0.2) is 127 Å². The molecule has 3 aromatic carbocycles. The maximum atomic E-state index is 14.0. The van der Waals surface area contributed by atoms with Crippen molar-refractivity contribution in [2.75, 3.05) is 69.9 Å². The van der Waals surface area contributed by atoms with Crippen molar-refractivity contribution in [3.8, 4) is 10.4 Å². The van der Waals surface area contributed by atoms with Crippen LogP contribution in [0.5, 0.6) is 0 Å². The van der Waals surface area contributed by atoms with Crippen molar-refractivity contribution >= 4 is 79.5 Å². The first-order chi connectivity index (χ1) is 35.2.